The van der Waals surface area contributed by atoms with Gasteiger partial charge in [-0.25, -0.2) is 9.59 Å². The van der Waals surface area contributed by atoms with Gasteiger partial charge in [0, 0.05) is 11.4 Å². The smallest absolute Gasteiger partial charge is 0.416 e. The first-order valence-electron chi connectivity index (χ1n) is 11.0. The lowest BCUT2D eigenvalue weighted by atomic mass is 9.99. The SMILES string of the molecule is Cc1cc(N2CCOC2=O)ccc1N1CC(C(=O)O)C(=O)N(Cc2cccc(C(F)(F)F)c2C)C1=O. The molecule has 2 aromatic rings. The Morgan fingerprint density at radius 3 is 2.42 bits per heavy atom. The van der Waals surface area contributed by atoms with Crippen LogP contribution in [0.5, 0.6) is 0 Å². The fraction of sp³-hybridized carbons (Fsp3) is 0.333. The summed E-state index contributed by atoms with van der Waals surface area (Å²) in [6, 6.07) is 7.28. The second-order valence-electron chi connectivity index (χ2n) is 8.53. The van der Waals surface area contributed by atoms with Gasteiger partial charge >= 0.3 is 24.3 Å². The van der Waals surface area contributed by atoms with Gasteiger partial charge in [-0.3, -0.25) is 24.3 Å². The molecule has 0 aromatic heterocycles. The summed E-state index contributed by atoms with van der Waals surface area (Å²) >= 11 is 0. The number of ether oxygens (including phenoxy) is 1. The van der Waals surface area contributed by atoms with E-state index < -0.39 is 54.7 Å². The van der Waals surface area contributed by atoms with Crippen LogP contribution in [-0.4, -0.2) is 53.7 Å². The molecule has 4 amide bonds. The molecule has 2 saturated heterocycles. The number of benzene rings is 2. The van der Waals surface area contributed by atoms with Gasteiger partial charge < -0.3 is 9.84 Å². The lowest BCUT2D eigenvalue weighted by Gasteiger charge is -2.38. The molecule has 1 N–H and O–H groups in total. The molecule has 0 spiro atoms. The van der Waals surface area contributed by atoms with Crippen LogP contribution in [0.3, 0.4) is 0 Å². The molecular weight excluding hydrogens is 483 g/mol. The molecular formula is C24H22F3N3O6. The fourth-order valence-corrected chi connectivity index (χ4v) is 4.37. The number of anilines is 2. The number of aliphatic carboxylic acids is 1. The molecule has 0 saturated carbocycles. The van der Waals surface area contributed by atoms with Crippen LogP contribution in [-0.2, 0) is 27.0 Å². The van der Waals surface area contributed by atoms with Gasteiger partial charge in [-0.2, -0.15) is 13.2 Å². The minimum Gasteiger partial charge on any atom is -0.481 e. The first-order valence-corrected chi connectivity index (χ1v) is 11.0. The summed E-state index contributed by atoms with van der Waals surface area (Å²) in [5.74, 6) is -4.08. The Bertz CT molecular complexity index is 1260. The zero-order chi connectivity index (χ0) is 26.4. The predicted molar refractivity (Wildman–Crippen MR) is 120 cm³/mol. The summed E-state index contributed by atoms with van der Waals surface area (Å²) in [5.41, 5.74) is 0.348. The molecule has 2 heterocycles. The van der Waals surface area contributed by atoms with Crippen LogP contribution in [0.25, 0.3) is 0 Å². The number of carbonyl (C=O) groups is 4. The average Bonchev–Trinajstić information content (AvgIpc) is 3.23. The molecule has 36 heavy (non-hydrogen) atoms. The summed E-state index contributed by atoms with van der Waals surface area (Å²) < 4.78 is 45.0. The number of carboxylic acids is 1. The van der Waals surface area contributed by atoms with E-state index in [9.17, 15) is 37.5 Å². The molecule has 12 heteroatoms. The number of hydrogen-bond acceptors (Lipinski definition) is 5. The number of alkyl halides is 3. The Balaban J connectivity index is 1.69. The fourth-order valence-electron chi connectivity index (χ4n) is 4.37. The quantitative estimate of drug-likeness (QED) is 0.617. The second kappa shape index (κ2) is 9.17. The minimum atomic E-state index is -4.63. The summed E-state index contributed by atoms with van der Waals surface area (Å²) in [5, 5.41) is 9.64. The van der Waals surface area contributed by atoms with Gasteiger partial charge in [-0.1, -0.05) is 12.1 Å². The summed E-state index contributed by atoms with van der Waals surface area (Å²) in [6.45, 7) is 2.49. The number of imide groups is 1. The number of urea groups is 1. The zero-order valence-electron chi connectivity index (χ0n) is 19.3. The standard InChI is InChI=1S/C24H22F3N3O6/c1-13-10-16(28-8-9-36-23(28)35)6-7-19(13)29-12-17(21(32)33)20(31)30(22(29)34)11-15-4-3-5-18(14(15)2)24(25,26)27/h3-7,10,17H,8-9,11-12H2,1-2H3,(H,32,33). The van der Waals surface area contributed by atoms with Gasteiger partial charge in [0.2, 0.25) is 5.91 Å². The summed E-state index contributed by atoms with van der Waals surface area (Å²) in [7, 11) is 0. The molecule has 2 aromatic carbocycles. The monoisotopic (exact) mass is 505 g/mol. The van der Waals surface area contributed by atoms with E-state index in [-0.39, 0.29) is 17.7 Å². The number of amides is 4. The highest BCUT2D eigenvalue weighted by Crippen LogP contribution is 2.35. The Labute approximate surface area is 203 Å². The maximum absolute atomic E-state index is 13.4. The normalized spacial score (nSPS) is 18.6. The molecule has 1 atom stereocenters. The van der Waals surface area contributed by atoms with E-state index in [1.807, 2.05) is 0 Å². The number of halogens is 3. The summed E-state index contributed by atoms with van der Waals surface area (Å²) in [4.78, 5) is 53.2. The van der Waals surface area contributed by atoms with Crippen LogP contribution in [0.2, 0.25) is 0 Å². The van der Waals surface area contributed by atoms with E-state index in [2.05, 4.69) is 0 Å². The van der Waals surface area contributed by atoms with Crippen LogP contribution in [0.1, 0.15) is 22.3 Å². The third-order valence-corrected chi connectivity index (χ3v) is 6.31. The minimum absolute atomic E-state index is 0.0668. The molecule has 2 fully saturated rings. The molecule has 4 rings (SSSR count). The van der Waals surface area contributed by atoms with E-state index in [1.165, 1.54) is 30.0 Å². The lowest BCUT2D eigenvalue weighted by molar-refractivity contribution is -0.150. The molecule has 1 unspecified atom stereocenters. The van der Waals surface area contributed by atoms with Crippen molar-refractivity contribution < 1.29 is 42.2 Å². The largest absolute Gasteiger partial charge is 0.481 e. The van der Waals surface area contributed by atoms with Crippen molar-refractivity contribution in [2.24, 2.45) is 5.92 Å². The third-order valence-electron chi connectivity index (χ3n) is 6.31. The molecule has 2 aliphatic rings. The van der Waals surface area contributed by atoms with E-state index in [4.69, 9.17) is 4.74 Å². The number of aryl methyl sites for hydroxylation is 1. The van der Waals surface area contributed by atoms with Crippen molar-refractivity contribution in [3.8, 4) is 0 Å². The van der Waals surface area contributed by atoms with Crippen molar-refractivity contribution in [1.82, 2.24) is 4.90 Å². The molecule has 0 bridgehead atoms. The number of nitrogens with zero attached hydrogens (tertiary/aromatic N) is 3. The van der Waals surface area contributed by atoms with Gasteiger partial charge in [0.25, 0.3) is 0 Å². The topological polar surface area (TPSA) is 107 Å². The van der Waals surface area contributed by atoms with Crippen LogP contribution in [0, 0.1) is 19.8 Å². The maximum Gasteiger partial charge on any atom is 0.416 e. The van der Waals surface area contributed by atoms with E-state index >= 15 is 0 Å². The van der Waals surface area contributed by atoms with Gasteiger partial charge in [0.15, 0.2) is 5.92 Å². The number of hydrogen-bond donors (Lipinski definition) is 1. The Morgan fingerprint density at radius 2 is 1.83 bits per heavy atom. The van der Waals surface area contributed by atoms with Crippen molar-refractivity contribution in [3.63, 3.8) is 0 Å². The molecule has 190 valence electrons. The van der Waals surface area contributed by atoms with Crippen LogP contribution >= 0.6 is 0 Å². The summed E-state index contributed by atoms with van der Waals surface area (Å²) in [6.07, 6.45) is -5.15. The van der Waals surface area contributed by atoms with Crippen LogP contribution in [0.15, 0.2) is 36.4 Å². The zero-order valence-corrected chi connectivity index (χ0v) is 19.3. The van der Waals surface area contributed by atoms with Gasteiger partial charge in [0.05, 0.1) is 25.2 Å². The highest BCUT2D eigenvalue weighted by molar-refractivity contribution is 6.12. The Kier molecular flexibility index (Phi) is 6.37. The number of cyclic esters (lactones) is 1. The van der Waals surface area contributed by atoms with Crippen molar-refractivity contribution in [2.75, 3.05) is 29.5 Å². The molecule has 2 aliphatic heterocycles. The first-order chi connectivity index (χ1) is 16.9. The second-order valence-corrected chi connectivity index (χ2v) is 8.53. The molecule has 9 nitrogen and oxygen atoms in total. The van der Waals surface area contributed by atoms with Crippen molar-refractivity contribution in [2.45, 2.75) is 26.6 Å². The van der Waals surface area contributed by atoms with Gasteiger partial charge in [-0.15, -0.1) is 0 Å². The Morgan fingerprint density at radius 1 is 1.11 bits per heavy atom. The van der Waals surface area contributed by atoms with E-state index in [1.54, 1.807) is 19.1 Å². The predicted octanol–water partition coefficient (Wildman–Crippen LogP) is 3.95. The highest BCUT2D eigenvalue weighted by Gasteiger charge is 2.44. The molecule has 0 radical (unpaired) electrons. The number of rotatable bonds is 5. The van der Waals surface area contributed by atoms with Crippen molar-refractivity contribution >= 4 is 35.4 Å². The number of carboxylic acid groups (broad SMARTS) is 1. The number of carbonyl (C=O) groups excluding carboxylic acids is 3. The average molecular weight is 505 g/mol. The van der Waals surface area contributed by atoms with Crippen LogP contribution < -0.4 is 9.80 Å². The van der Waals surface area contributed by atoms with Gasteiger partial charge in [-0.05, 0) is 54.8 Å². The maximum atomic E-state index is 13.4. The third kappa shape index (κ3) is 4.45. The Hall–Kier alpha value is -4.09. The highest BCUT2D eigenvalue weighted by atomic mass is 19.4. The lowest BCUT2D eigenvalue weighted by Crippen LogP contribution is -2.58. The molecule has 0 aliphatic carbocycles. The van der Waals surface area contributed by atoms with Crippen LogP contribution in [0.4, 0.5) is 34.1 Å². The van der Waals surface area contributed by atoms with Gasteiger partial charge in [0.1, 0.15) is 6.61 Å². The van der Waals surface area contributed by atoms with E-state index in [0.29, 0.717) is 28.4 Å². The first kappa shape index (κ1) is 25.0. The van der Waals surface area contributed by atoms with E-state index in [0.717, 1.165) is 11.0 Å². The van der Waals surface area contributed by atoms with Crippen molar-refractivity contribution in [1.29, 1.82) is 0 Å². The van der Waals surface area contributed by atoms with Crippen molar-refractivity contribution in [3.05, 3.63) is 58.7 Å².